The van der Waals surface area contributed by atoms with Crippen LogP contribution in [0.4, 0.5) is 8.78 Å². The van der Waals surface area contributed by atoms with Gasteiger partial charge in [-0.05, 0) is 29.8 Å². The highest BCUT2D eigenvalue weighted by Gasteiger charge is 2.23. The predicted molar refractivity (Wildman–Crippen MR) is 65.8 cm³/mol. The maximum Gasteiger partial charge on any atom is 0.194 e. The highest BCUT2D eigenvalue weighted by atomic mass is 32.2. The van der Waals surface area contributed by atoms with Crippen molar-refractivity contribution in [2.75, 3.05) is 0 Å². The summed E-state index contributed by atoms with van der Waals surface area (Å²) in [6.45, 7) is 0. The van der Waals surface area contributed by atoms with Crippen molar-refractivity contribution in [3.05, 3.63) is 64.7 Å². The molecule has 0 atom stereocenters. The normalized spacial score (nSPS) is 13.8. The van der Waals surface area contributed by atoms with E-state index in [1.54, 1.807) is 12.1 Å². The largest absolute Gasteiger partial charge is 0.289 e. The molecule has 18 heavy (non-hydrogen) atoms. The van der Waals surface area contributed by atoms with Gasteiger partial charge in [-0.1, -0.05) is 12.1 Å². The lowest BCUT2D eigenvalue weighted by atomic mass is 9.99. The van der Waals surface area contributed by atoms with Crippen LogP contribution in [0.1, 0.15) is 21.5 Å². The molecule has 0 spiro atoms. The first-order valence-electron chi connectivity index (χ1n) is 5.41. The Morgan fingerprint density at radius 2 is 1.72 bits per heavy atom. The van der Waals surface area contributed by atoms with Crippen molar-refractivity contribution in [2.24, 2.45) is 0 Å². The molecule has 0 aliphatic carbocycles. The van der Waals surface area contributed by atoms with Gasteiger partial charge in [0.1, 0.15) is 0 Å². The van der Waals surface area contributed by atoms with Crippen LogP contribution in [-0.4, -0.2) is 5.78 Å². The minimum Gasteiger partial charge on any atom is -0.289 e. The van der Waals surface area contributed by atoms with Gasteiger partial charge in [0.25, 0.3) is 0 Å². The van der Waals surface area contributed by atoms with Gasteiger partial charge in [-0.15, -0.1) is 11.8 Å². The summed E-state index contributed by atoms with van der Waals surface area (Å²) in [4.78, 5) is 13.1. The molecule has 2 aromatic carbocycles. The van der Waals surface area contributed by atoms with E-state index >= 15 is 0 Å². The summed E-state index contributed by atoms with van der Waals surface area (Å²) in [5, 5.41) is 0. The maximum absolute atomic E-state index is 13.3. The fraction of sp³-hybridized carbons (Fsp3) is 0.0714. The van der Waals surface area contributed by atoms with E-state index in [1.165, 1.54) is 11.8 Å². The zero-order valence-electron chi connectivity index (χ0n) is 9.24. The molecular formula is C14H8F2OS. The van der Waals surface area contributed by atoms with E-state index in [1.807, 2.05) is 12.1 Å². The zero-order valence-corrected chi connectivity index (χ0v) is 10.1. The number of benzene rings is 2. The molecule has 0 saturated heterocycles. The molecular weight excluding hydrogens is 254 g/mol. The lowest BCUT2D eigenvalue weighted by Gasteiger charge is -2.05. The number of hydrogen-bond acceptors (Lipinski definition) is 2. The molecule has 0 unspecified atom stereocenters. The highest BCUT2D eigenvalue weighted by molar-refractivity contribution is 7.98. The lowest BCUT2D eigenvalue weighted by molar-refractivity contribution is 0.103. The second kappa shape index (κ2) is 4.21. The van der Waals surface area contributed by atoms with Crippen LogP contribution < -0.4 is 0 Å². The standard InChI is InChI=1S/C14H8F2OS/c15-11-5-8-7-18-13-4-2-1-3-9(13)14(17)10(8)6-12(11)16/h1-6H,7H2. The van der Waals surface area contributed by atoms with Gasteiger partial charge in [0, 0.05) is 21.8 Å². The van der Waals surface area contributed by atoms with E-state index in [-0.39, 0.29) is 11.3 Å². The molecule has 1 aliphatic rings. The summed E-state index contributed by atoms with van der Waals surface area (Å²) < 4.78 is 26.5. The summed E-state index contributed by atoms with van der Waals surface area (Å²) in [6, 6.07) is 9.27. The van der Waals surface area contributed by atoms with Gasteiger partial charge in [0.15, 0.2) is 17.4 Å². The van der Waals surface area contributed by atoms with Gasteiger partial charge in [0.2, 0.25) is 0 Å². The van der Waals surface area contributed by atoms with Crippen LogP contribution >= 0.6 is 11.8 Å². The first-order chi connectivity index (χ1) is 8.66. The van der Waals surface area contributed by atoms with Crippen LogP contribution in [-0.2, 0) is 5.75 Å². The van der Waals surface area contributed by atoms with Crippen LogP contribution in [0.3, 0.4) is 0 Å². The first-order valence-corrected chi connectivity index (χ1v) is 6.40. The molecule has 2 aromatic rings. The van der Waals surface area contributed by atoms with Gasteiger partial charge in [-0.2, -0.15) is 0 Å². The number of hydrogen-bond donors (Lipinski definition) is 0. The van der Waals surface area contributed by atoms with E-state index in [9.17, 15) is 13.6 Å². The van der Waals surface area contributed by atoms with Crippen LogP contribution in [0.15, 0.2) is 41.3 Å². The third-order valence-electron chi connectivity index (χ3n) is 2.91. The van der Waals surface area contributed by atoms with Crippen molar-refractivity contribution >= 4 is 17.5 Å². The fourth-order valence-electron chi connectivity index (χ4n) is 2.00. The van der Waals surface area contributed by atoms with Gasteiger partial charge in [-0.3, -0.25) is 4.79 Å². The third-order valence-corrected chi connectivity index (χ3v) is 4.03. The fourth-order valence-corrected chi connectivity index (χ4v) is 3.04. The second-order valence-corrected chi connectivity index (χ2v) is 5.05. The van der Waals surface area contributed by atoms with Crippen molar-refractivity contribution in [3.63, 3.8) is 0 Å². The molecule has 1 heterocycles. The molecule has 0 radical (unpaired) electrons. The monoisotopic (exact) mass is 262 g/mol. The van der Waals surface area contributed by atoms with Crippen LogP contribution in [0.5, 0.6) is 0 Å². The van der Waals surface area contributed by atoms with Crippen LogP contribution in [0.25, 0.3) is 0 Å². The van der Waals surface area contributed by atoms with E-state index in [0.29, 0.717) is 16.9 Å². The van der Waals surface area contributed by atoms with Gasteiger partial charge in [-0.25, -0.2) is 8.78 Å². The SMILES string of the molecule is O=C1c2cc(F)c(F)cc2CSc2ccccc21. The Morgan fingerprint density at radius 3 is 2.56 bits per heavy atom. The lowest BCUT2D eigenvalue weighted by Crippen LogP contribution is -2.05. The smallest absolute Gasteiger partial charge is 0.194 e. The Balaban J connectivity index is 2.22. The molecule has 1 aliphatic heterocycles. The molecule has 0 amide bonds. The minimum atomic E-state index is -0.980. The highest BCUT2D eigenvalue weighted by Crippen LogP contribution is 2.34. The quantitative estimate of drug-likeness (QED) is 0.718. The topological polar surface area (TPSA) is 17.1 Å². The Kier molecular flexibility index (Phi) is 2.67. The number of carbonyl (C=O) groups excluding carboxylic acids is 1. The number of rotatable bonds is 0. The van der Waals surface area contributed by atoms with Gasteiger partial charge < -0.3 is 0 Å². The second-order valence-electron chi connectivity index (χ2n) is 4.04. The molecule has 0 fully saturated rings. The average Bonchev–Trinajstić information content (AvgIpc) is 2.51. The maximum atomic E-state index is 13.3. The van der Waals surface area contributed by atoms with Crippen molar-refractivity contribution in [1.29, 1.82) is 0 Å². The van der Waals surface area contributed by atoms with Gasteiger partial charge in [0.05, 0.1) is 0 Å². The van der Waals surface area contributed by atoms with Crippen LogP contribution in [0.2, 0.25) is 0 Å². The number of fused-ring (bicyclic) bond motifs is 2. The number of thioether (sulfide) groups is 1. The molecule has 0 N–H and O–H groups in total. The Bertz CT molecular complexity index is 652. The Labute approximate surface area is 107 Å². The summed E-state index contributed by atoms with van der Waals surface area (Å²) in [5.41, 5.74) is 1.35. The molecule has 4 heteroatoms. The summed E-state index contributed by atoms with van der Waals surface area (Å²) in [6.07, 6.45) is 0. The van der Waals surface area contributed by atoms with E-state index in [2.05, 4.69) is 0 Å². The van der Waals surface area contributed by atoms with Crippen molar-refractivity contribution in [3.8, 4) is 0 Å². The third kappa shape index (κ3) is 1.73. The van der Waals surface area contributed by atoms with Gasteiger partial charge >= 0.3 is 0 Å². The number of ketones is 1. The number of halogens is 2. The first kappa shape index (κ1) is 11.4. The Morgan fingerprint density at radius 1 is 1.00 bits per heavy atom. The molecule has 3 rings (SSSR count). The van der Waals surface area contributed by atoms with Crippen LogP contribution in [0, 0.1) is 11.6 Å². The molecule has 90 valence electrons. The molecule has 1 nitrogen and oxygen atoms in total. The van der Waals surface area contributed by atoms with E-state index in [4.69, 9.17) is 0 Å². The Hall–Kier alpha value is -1.68. The predicted octanol–water partition coefficient (Wildman–Crippen LogP) is 3.80. The summed E-state index contributed by atoms with van der Waals surface area (Å²) in [7, 11) is 0. The molecule has 0 saturated carbocycles. The minimum absolute atomic E-state index is 0.246. The van der Waals surface area contributed by atoms with E-state index < -0.39 is 11.6 Å². The van der Waals surface area contributed by atoms with Crippen molar-refractivity contribution in [1.82, 2.24) is 0 Å². The molecule has 0 bridgehead atoms. The molecule has 0 aromatic heterocycles. The van der Waals surface area contributed by atoms with Crippen molar-refractivity contribution < 1.29 is 13.6 Å². The number of carbonyl (C=O) groups is 1. The average molecular weight is 262 g/mol. The summed E-state index contributed by atoms with van der Waals surface area (Å²) >= 11 is 1.46. The summed E-state index contributed by atoms with van der Waals surface area (Å²) in [5.74, 6) is -1.67. The zero-order chi connectivity index (χ0) is 12.7. The van der Waals surface area contributed by atoms with E-state index in [0.717, 1.165) is 17.0 Å². The van der Waals surface area contributed by atoms with Crippen molar-refractivity contribution in [2.45, 2.75) is 10.6 Å².